The molecular weight excluding hydrogens is 286 g/mol. The summed E-state index contributed by atoms with van der Waals surface area (Å²) in [5.74, 6) is -0.728. The third-order valence-corrected chi connectivity index (χ3v) is 2.92. The first kappa shape index (κ1) is 16.6. The van der Waals surface area contributed by atoms with Crippen LogP contribution >= 0.6 is 11.6 Å². The molecule has 0 bridgehead atoms. The predicted molar refractivity (Wildman–Crippen MR) is 74.5 cm³/mol. The van der Waals surface area contributed by atoms with Gasteiger partial charge in [-0.2, -0.15) is 0 Å². The van der Waals surface area contributed by atoms with Crippen molar-refractivity contribution in [2.75, 3.05) is 33.9 Å². The summed E-state index contributed by atoms with van der Waals surface area (Å²) in [5.41, 5.74) is 0.506. The maximum Gasteiger partial charge on any atom is 0.317 e. The summed E-state index contributed by atoms with van der Waals surface area (Å²) in [6.07, 6.45) is 0. The van der Waals surface area contributed by atoms with Gasteiger partial charge in [0.15, 0.2) is 11.5 Å². The average Bonchev–Trinajstić information content (AvgIpc) is 2.39. The highest BCUT2D eigenvalue weighted by atomic mass is 35.5. The van der Waals surface area contributed by atoms with Crippen LogP contribution in [0.25, 0.3) is 0 Å². The minimum Gasteiger partial charge on any atom is -0.504 e. The fourth-order valence-corrected chi connectivity index (χ4v) is 2.00. The van der Waals surface area contributed by atoms with Crippen molar-refractivity contribution in [3.05, 3.63) is 22.7 Å². The van der Waals surface area contributed by atoms with Crippen molar-refractivity contribution in [3.8, 4) is 11.5 Å². The Morgan fingerprint density at radius 2 is 2.10 bits per heavy atom. The van der Waals surface area contributed by atoms with Gasteiger partial charge in [0, 0.05) is 36.9 Å². The molecule has 2 N–H and O–H groups in total. The van der Waals surface area contributed by atoms with E-state index in [9.17, 15) is 9.90 Å². The summed E-state index contributed by atoms with van der Waals surface area (Å²) >= 11 is 5.94. The molecule has 0 fully saturated rings. The number of hydrogen-bond donors (Lipinski definition) is 2. The van der Waals surface area contributed by atoms with Crippen LogP contribution in [0, 0.1) is 0 Å². The quantitative estimate of drug-likeness (QED) is 0.759. The van der Waals surface area contributed by atoms with Crippen molar-refractivity contribution < 1.29 is 24.5 Å². The number of carboxylic acid groups (broad SMARTS) is 1. The molecule has 7 heteroatoms. The second-order valence-electron chi connectivity index (χ2n) is 4.21. The lowest BCUT2D eigenvalue weighted by molar-refractivity contribution is -0.138. The monoisotopic (exact) mass is 303 g/mol. The molecular formula is C13H18ClNO5. The molecule has 0 aliphatic rings. The first-order valence-corrected chi connectivity index (χ1v) is 6.34. The fourth-order valence-electron chi connectivity index (χ4n) is 1.77. The second-order valence-corrected chi connectivity index (χ2v) is 4.65. The molecule has 112 valence electrons. The van der Waals surface area contributed by atoms with Gasteiger partial charge in [0.2, 0.25) is 0 Å². The molecule has 0 unspecified atom stereocenters. The van der Waals surface area contributed by atoms with Crippen LogP contribution < -0.4 is 4.74 Å². The normalized spacial score (nSPS) is 10.8. The summed E-state index contributed by atoms with van der Waals surface area (Å²) in [5, 5.41) is 19.3. The van der Waals surface area contributed by atoms with Crippen molar-refractivity contribution in [1.29, 1.82) is 0 Å². The third-order valence-electron chi connectivity index (χ3n) is 2.70. The Bertz CT molecular complexity index is 466. The molecule has 0 heterocycles. The van der Waals surface area contributed by atoms with Gasteiger partial charge in [-0.25, -0.2) is 0 Å². The van der Waals surface area contributed by atoms with E-state index in [-0.39, 0.29) is 24.6 Å². The number of aliphatic carboxylic acids is 1. The average molecular weight is 304 g/mol. The number of halogens is 1. The van der Waals surface area contributed by atoms with Crippen molar-refractivity contribution in [2.24, 2.45) is 0 Å². The van der Waals surface area contributed by atoms with E-state index in [1.807, 2.05) is 0 Å². The number of phenolic OH excluding ortho intramolecular Hbond substituents is 1. The second kappa shape index (κ2) is 7.94. The molecule has 1 aromatic rings. The van der Waals surface area contributed by atoms with Crippen LogP contribution in [0.2, 0.25) is 5.02 Å². The summed E-state index contributed by atoms with van der Waals surface area (Å²) in [4.78, 5) is 12.5. The number of ether oxygens (including phenoxy) is 2. The van der Waals surface area contributed by atoms with Crippen LogP contribution in [-0.4, -0.2) is 55.0 Å². The zero-order valence-corrected chi connectivity index (χ0v) is 12.2. The summed E-state index contributed by atoms with van der Waals surface area (Å²) in [6, 6.07) is 3.08. The maximum atomic E-state index is 10.8. The fraction of sp³-hybridized carbons (Fsp3) is 0.462. The van der Waals surface area contributed by atoms with E-state index in [1.54, 1.807) is 18.1 Å². The molecule has 0 aliphatic heterocycles. The first-order valence-electron chi connectivity index (χ1n) is 5.96. The zero-order chi connectivity index (χ0) is 15.1. The van der Waals surface area contributed by atoms with Crippen LogP contribution in [0.3, 0.4) is 0 Å². The van der Waals surface area contributed by atoms with Crippen molar-refractivity contribution in [1.82, 2.24) is 4.90 Å². The molecule has 0 spiro atoms. The standard InChI is InChI=1S/C13H18ClNO5/c1-19-4-3-15(8-12(16)17)7-9-5-10(14)6-11(20-2)13(9)18/h5-6,18H,3-4,7-8H2,1-2H3,(H,16,17). The van der Waals surface area contributed by atoms with Crippen LogP contribution in [0.5, 0.6) is 11.5 Å². The Balaban J connectivity index is 2.91. The van der Waals surface area contributed by atoms with Crippen LogP contribution in [-0.2, 0) is 16.1 Å². The highest BCUT2D eigenvalue weighted by molar-refractivity contribution is 6.30. The van der Waals surface area contributed by atoms with Gasteiger partial charge < -0.3 is 19.7 Å². The van der Waals surface area contributed by atoms with Crippen molar-refractivity contribution >= 4 is 17.6 Å². The van der Waals surface area contributed by atoms with E-state index in [0.29, 0.717) is 23.7 Å². The summed E-state index contributed by atoms with van der Waals surface area (Å²) < 4.78 is 9.96. The molecule has 0 aromatic heterocycles. The highest BCUT2D eigenvalue weighted by Crippen LogP contribution is 2.34. The lowest BCUT2D eigenvalue weighted by Crippen LogP contribution is -2.32. The maximum absolute atomic E-state index is 10.8. The van der Waals surface area contributed by atoms with Gasteiger partial charge in [0.25, 0.3) is 0 Å². The van der Waals surface area contributed by atoms with Crippen LogP contribution in [0.1, 0.15) is 5.56 Å². The molecule has 0 saturated heterocycles. The van der Waals surface area contributed by atoms with Gasteiger partial charge in [-0.1, -0.05) is 11.6 Å². The topological polar surface area (TPSA) is 79.2 Å². The highest BCUT2D eigenvalue weighted by Gasteiger charge is 2.15. The molecule has 0 radical (unpaired) electrons. The number of hydrogen-bond acceptors (Lipinski definition) is 5. The van der Waals surface area contributed by atoms with Crippen LogP contribution in [0.4, 0.5) is 0 Å². The Morgan fingerprint density at radius 1 is 1.40 bits per heavy atom. The molecule has 0 saturated carbocycles. The lowest BCUT2D eigenvalue weighted by atomic mass is 10.1. The molecule has 0 atom stereocenters. The Labute approximate surface area is 122 Å². The number of rotatable bonds is 8. The number of carbonyl (C=O) groups is 1. The molecule has 0 amide bonds. The zero-order valence-electron chi connectivity index (χ0n) is 11.4. The number of carboxylic acids is 1. The van der Waals surface area contributed by atoms with Gasteiger partial charge in [-0.15, -0.1) is 0 Å². The van der Waals surface area contributed by atoms with Crippen molar-refractivity contribution in [3.63, 3.8) is 0 Å². The minimum absolute atomic E-state index is 0.0373. The van der Waals surface area contributed by atoms with E-state index < -0.39 is 5.97 Å². The Hall–Kier alpha value is -1.50. The van der Waals surface area contributed by atoms with E-state index in [0.717, 1.165) is 0 Å². The minimum atomic E-state index is -0.949. The molecule has 1 rings (SSSR count). The van der Waals surface area contributed by atoms with Crippen molar-refractivity contribution in [2.45, 2.75) is 6.54 Å². The smallest absolute Gasteiger partial charge is 0.317 e. The first-order chi connectivity index (χ1) is 9.47. The SMILES string of the molecule is COCCN(CC(=O)O)Cc1cc(Cl)cc(OC)c1O. The molecule has 1 aromatic carbocycles. The predicted octanol–water partition coefficient (Wildman–Crippen LogP) is 1.59. The third kappa shape index (κ3) is 4.88. The van der Waals surface area contributed by atoms with Gasteiger partial charge in [-0.3, -0.25) is 9.69 Å². The van der Waals surface area contributed by atoms with Crippen LogP contribution in [0.15, 0.2) is 12.1 Å². The Kier molecular flexibility index (Phi) is 6.57. The largest absolute Gasteiger partial charge is 0.504 e. The van der Waals surface area contributed by atoms with E-state index in [4.69, 9.17) is 26.2 Å². The molecule has 20 heavy (non-hydrogen) atoms. The number of phenols is 1. The number of nitrogens with zero attached hydrogens (tertiary/aromatic N) is 1. The van der Waals surface area contributed by atoms with E-state index >= 15 is 0 Å². The van der Waals surface area contributed by atoms with E-state index in [2.05, 4.69) is 0 Å². The van der Waals surface area contributed by atoms with Gasteiger partial charge in [0.05, 0.1) is 20.3 Å². The number of aromatic hydroxyl groups is 1. The molecule has 0 aliphatic carbocycles. The molecule has 6 nitrogen and oxygen atoms in total. The summed E-state index contributed by atoms with van der Waals surface area (Å²) in [6.45, 7) is 0.902. The Morgan fingerprint density at radius 3 is 2.65 bits per heavy atom. The van der Waals surface area contributed by atoms with Gasteiger partial charge >= 0.3 is 5.97 Å². The van der Waals surface area contributed by atoms with E-state index in [1.165, 1.54) is 13.2 Å². The number of benzene rings is 1. The number of methoxy groups -OCH3 is 2. The van der Waals surface area contributed by atoms with Gasteiger partial charge in [-0.05, 0) is 6.07 Å². The van der Waals surface area contributed by atoms with Gasteiger partial charge in [0.1, 0.15) is 0 Å². The summed E-state index contributed by atoms with van der Waals surface area (Å²) in [7, 11) is 2.97. The lowest BCUT2D eigenvalue weighted by Gasteiger charge is -2.21.